The van der Waals surface area contributed by atoms with Crippen LogP contribution in [-0.2, 0) is 17.9 Å². The molecule has 11 heteroatoms. The summed E-state index contributed by atoms with van der Waals surface area (Å²) >= 11 is -1.68. The van der Waals surface area contributed by atoms with E-state index in [4.69, 9.17) is 0 Å². The third-order valence-electron chi connectivity index (χ3n) is 5.56. The monoisotopic (exact) mass is 496 g/mol. The molecular formula is C24H21FN4O5S. The third-order valence-corrected chi connectivity index (χ3v) is 6.50. The molecule has 180 valence electrons. The molecule has 0 spiro atoms. The van der Waals surface area contributed by atoms with Crippen molar-refractivity contribution in [1.82, 2.24) is 14.3 Å². The second-order valence-corrected chi connectivity index (χ2v) is 9.31. The molecule has 1 unspecified atom stereocenters. The molecule has 0 fully saturated rings. The van der Waals surface area contributed by atoms with E-state index in [-0.39, 0.29) is 34.8 Å². The van der Waals surface area contributed by atoms with Gasteiger partial charge in [0.25, 0.3) is 11.2 Å². The lowest BCUT2D eigenvalue weighted by atomic mass is 10.0. The molecule has 35 heavy (non-hydrogen) atoms. The molecule has 4 aromatic rings. The van der Waals surface area contributed by atoms with Gasteiger partial charge in [0, 0.05) is 45.9 Å². The fraction of sp³-hybridized carbons (Fsp3) is 0.167. The van der Waals surface area contributed by atoms with Gasteiger partial charge in [0.15, 0.2) is 0 Å². The molecule has 2 N–H and O–H groups in total. The maximum Gasteiger partial charge on any atom is 0.309 e. The highest BCUT2D eigenvalue weighted by Gasteiger charge is 2.28. The number of nitrogens with zero attached hydrogens (tertiary/aromatic N) is 2. The molecule has 0 aliphatic carbocycles. The maximum absolute atomic E-state index is 14.7. The van der Waals surface area contributed by atoms with Crippen LogP contribution in [0.4, 0.5) is 10.1 Å². The Labute approximate surface area is 202 Å². The van der Waals surface area contributed by atoms with Gasteiger partial charge in [-0.1, -0.05) is 11.6 Å². The van der Waals surface area contributed by atoms with Gasteiger partial charge in [-0.05, 0) is 44.2 Å². The van der Waals surface area contributed by atoms with E-state index in [1.54, 1.807) is 37.3 Å². The molecule has 0 aliphatic heterocycles. The summed E-state index contributed by atoms with van der Waals surface area (Å²) in [7, 11) is 0. The van der Waals surface area contributed by atoms with Crippen LogP contribution < -0.4 is 10.3 Å². The molecule has 9 nitrogen and oxygen atoms in total. The quantitative estimate of drug-likeness (QED) is 0.228. The Kier molecular flexibility index (Phi) is 6.72. The minimum atomic E-state index is -1.68. The number of carbonyl (C=O) groups is 1. The zero-order valence-corrected chi connectivity index (χ0v) is 19.6. The van der Waals surface area contributed by atoms with Crippen LogP contribution in [0.3, 0.4) is 0 Å². The lowest BCUT2D eigenvalue weighted by molar-refractivity contribution is -0.385. The molecule has 4 rings (SSSR count). The van der Waals surface area contributed by atoms with Crippen LogP contribution in [-0.4, -0.2) is 30.7 Å². The zero-order chi connectivity index (χ0) is 25.3. The third kappa shape index (κ3) is 4.68. The van der Waals surface area contributed by atoms with Crippen molar-refractivity contribution in [3.8, 4) is 11.1 Å². The predicted octanol–water partition coefficient (Wildman–Crippen LogP) is 3.81. The van der Waals surface area contributed by atoms with Crippen molar-refractivity contribution in [2.45, 2.75) is 20.4 Å². The van der Waals surface area contributed by atoms with Crippen molar-refractivity contribution in [3.05, 3.63) is 97.8 Å². The van der Waals surface area contributed by atoms with Gasteiger partial charge in [-0.2, -0.15) is 4.72 Å². The number of aromatic amines is 1. The highest BCUT2D eigenvalue weighted by atomic mass is 32.2. The number of nitro benzene ring substituents is 1. The maximum atomic E-state index is 14.7. The number of rotatable bonds is 7. The van der Waals surface area contributed by atoms with E-state index in [9.17, 15) is 28.6 Å². The van der Waals surface area contributed by atoms with Crippen molar-refractivity contribution in [3.63, 3.8) is 0 Å². The molecule has 2 heterocycles. The second kappa shape index (κ2) is 9.72. The van der Waals surface area contributed by atoms with Gasteiger partial charge in [0.05, 0.1) is 22.8 Å². The van der Waals surface area contributed by atoms with Gasteiger partial charge in [-0.3, -0.25) is 19.7 Å². The first kappa shape index (κ1) is 24.2. The number of hydrogen-bond acceptors (Lipinski definition) is 5. The number of nitrogens with one attached hydrogen (secondary N) is 2. The van der Waals surface area contributed by atoms with Crippen molar-refractivity contribution in [2.24, 2.45) is 0 Å². The number of H-pyrrole nitrogens is 1. The first-order valence-electron chi connectivity index (χ1n) is 10.6. The van der Waals surface area contributed by atoms with Gasteiger partial charge in [0.1, 0.15) is 17.3 Å². The zero-order valence-electron chi connectivity index (χ0n) is 18.8. The van der Waals surface area contributed by atoms with Crippen molar-refractivity contribution in [1.29, 1.82) is 0 Å². The number of halogens is 1. The van der Waals surface area contributed by atoms with Crippen LogP contribution in [0.25, 0.3) is 22.0 Å². The van der Waals surface area contributed by atoms with Gasteiger partial charge in [0.2, 0.25) is 0 Å². The van der Waals surface area contributed by atoms with E-state index in [1.165, 1.54) is 10.8 Å². The van der Waals surface area contributed by atoms with Crippen molar-refractivity contribution in [2.75, 3.05) is 5.75 Å². The summed E-state index contributed by atoms with van der Waals surface area (Å²) in [6.07, 6.45) is 1.46. The van der Waals surface area contributed by atoms with E-state index in [0.717, 1.165) is 23.8 Å². The summed E-state index contributed by atoms with van der Waals surface area (Å²) in [6.45, 7) is 3.25. The Morgan fingerprint density at radius 3 is 2.69 bits per heavy atom. The highest BCUT2D eigenvalue weighted by Crippen LogP contribution is 2.35. The van der Waals surface area contributed by atoms with Gasteiger partial charge >= 0.3 is 5.91 Å². The summed E-state index contributed by atoms with van der Waals surface area (Å²) < 4.78 is 30.8. The molecule has 2 aromatic heterocycles. The predicted molar refractivity (Wildman–Crippen MR) is 131 cm³/mol. The number of fused-ring (bicyclic) bond motifs is 1. The van der Waals surface area contributed by atoms with Gasteiger partial charge < -0.3 is 14.1 Å². The van der Waals surface area contributed by atoms with Gasteiger partial charge in [-0.15, -0.1) is 0 Å². The molecule has 1 atom stereocenters. The molecular weight excluding hydrogens is 475 g/mol. The van der Waals surface area contributed by atoms with Crippen LogP contribution >= 0.6 is 0 Å². The number of aromatic nitrogens is 2. The SMILES string of the molecule is CC[S+]([O-])NC(=O)c1c(-c2ccc[nH]c2=O)c2cc(C)ccc2n1Cc1cc([N+](=O)[O-])ccc1F. The van der Waals surface area contributed by atoms with Crippen molar-refractivity contribution >= 4 is 33.9 Å². The van der Waals surface area contributed by atoms with Gasteiger partial charge in [-0.25, -0.2) is 4.39 Å². The van der Waals surface area contributed by atoms with Crippen LogP contribution in [0.2, 0.25) is 0 Å². The minimum absolute atomic E-state index is 0.00462. The normalized spacial score (nSPS) is 12.0. The molecule has 0 saturated heterocycles. The molecule has 0 saturated carbocycles. The van der Waals surface area contributed by atoms with E-state index in [2.05, 4.69) is 9.71 Å². The van der Waals surface area contributed by atoms with Crippen LogP contribution in [0, 0.1) is 22.9 Å². The first-order valence-corrected chi connectivity index (χ1v) is 12.0. The number of carbonyl (C=O) groups excluding carboxylic acids is 1. The smallest absolute Gasteiger partial charge is 0.309 e. The second-order valence-electron chi connectivity index (χ2n) is 7.84. The number of pyridine rings is 1. The summed E-state index contributed by atoms with van der Waals surface area (Å²) in [5.41, 5.74) is 1.09. The Hall–Kier alpha value is -3.96. The summed E-state index contributed by atoms with van der Waals surface area (Å²) in [4.78, 5) is 39.4. The average Bonchev–Trinajstić information content (AvgIpc) is 3.13. The molecule has 0 bridgehead atoms. The van der Waals surface area contributed by atoms with Crippen molar-refractivity contribution < 1.29 is 18.7 Å². The molecule has 1 amide bonds. The van der Waals surface area contributed by atoms with E-state index in [1.807, 2.05) is 6.92 Å². The highest BCUT2D eigenvalue weighted by molar-refractivity contribution is 7.90. The largest absolute Gasteiger partial charge is 0.593 e. The van der Waals surface area contributed by atoms with E-state index < -0.39 is 33.6 Å². The summed E-state index contributed by atoms with van der Waals surface area (Å²) in [5.74, 6) is -1.25. The van der Waals surface area contributed by atoms with Crippen LogP contribution in [0.5, 0.6) is 0 Å². The fourth-order valence-electron chi connectivity index (χ4n) is 3.95. The average molecular weight is 497 g/mol. The number of benzene rings is 2. The van der Waals surface area contributed by atoms with E-state index in [0.29, 0.717) is 16.5 Å². The van der Waals surface area contributed by atoms with E-state index >= 15 is 0 Å². The number of non-ortho nitro benzene ring substituents is 1. The number of hydrogen-bond donors (Lipinski definition) is 2. The first-order chi connectivity index (χ1) is 16.7. The minimum Gasteiger partial charge on any atom is -0.593 e. The number of nitro groups is 1. The Morgan fingerprint density at radius 2 is 2.00 bits per heavy atom. The number of aryl methyl sites for hydroxylation is 1. The van der Waals surface area contributed by atoms with Crippen LogP contribution in [0.1, 0.15) is 28.5 Å². The van der Waals surface area contributed by atoms with Crippen LogP contribution in [0.15, 0.2) is 59.5 Å². The molecule has 0 aliphatic rings. The fourth-order valence-corrected chi connectivity index (χ4v) is 4.40. The molecule has 0 radical (unpaired) electrons. The standard InChI is InChI=1S/C24H21FN4O5S/c1-3-35(34)27-24(31)22-21(17-5-4-10-26-23(17)30)18-11-14(2)6-9-20(18)28(22)13-15-12-16(29(32)33)7-8-19(15)25/h4-12H,3,13H2,1-2H3,(H,26,30)(H,27,31). The Bertz CT molecular complexity index is 1510. The summed E-state index contributed by atoms with van der Waals surface area (Å²) in [5, 5.41) is 11.8. The summed E-state index contributed by atoms with van der Waals surface area (Å²) in [6, 6.07) is 11.7. The lowest BCUT2D eigenvalue weighted by Gasteiger charge is -2.14. The Balaban J connectivity index is 2.05. The number of amides is 1. The molecule has 2 aromatic carbocycles. The topological polar surface area (TPSA) is 133 Å². The Morgan fingerprint density at radius 1 is 1.23 bits per heavy atom. The lowest BCUT2D eigenvalue weighted by Crippen LogP contribution is -2.34.